The van der Waals surface area contributed by atoms with Gasteiger partial charge in [-0.1, -0.05) is 90.5 Å². The zero-order valence-corrected chi connectivity index (χ0v) is 18.7. The lowest BCUT2D eigenvalue weighted by Gasteiger charge is -2.42. The number of aryl methyl sites for hydroxylation is 3. The molecule has 2 nitrogen and oxygen atoms in total. The fraction of sp³-hybridized carbons (Fsp3) is 0.167. The third kappa shape index (κ3) is 3.33. The Hall–Kier alpha value is -3.65. The predicted molar refractivity (Wildman–Crippen MR) is 131 cm³/mol. The van der Waals surface area contributed by atoms with Crippen molar-refractivity contribution in [3.63, 3.8) is 0 Å². The van der Waals surface area contributed by atoms with Gasteiger partial charge in [0.1, 0.15) is 0 Å². The van der Waals surface area contributed by atoms with Gasteiger partial charge in [0, 0.05) is 5.69 Å². The fourth-order valence-electron chi connectivity index (χ4n) is 5.32. The van der Waals surface area contributed by atoms with E-state index in [0.717, 1.165) is 22.4 Å². The van der Waals surface area contributed by atoms with Crippen molar-refractivity contribution >= 4 is 11.6 Å². The number of carbonyl (C=O) groups is 1. The molecule has 0 aliphatic carbocycles. The van der Waals surface area contributed by atoms with E-state index in [1.165, 1.54) is 22.3 Å². The van der Waals surface area contributed by atoms with Gasteiger partial charge in [0.2, 0.25) is 5.91 Å². The summed E-state index contributed by atoms with van der Waals surface area (Å²) < 4.78 is 0. The minimum absolute atomic E-state index is 0.124. The minimum atomic E-state index is -0.327. The second-order valence-electron chi connectivity index (χ2n) is 8.73. The van der Waals surface area contributed by atoms with Crippen molar-refractivity contribution in [1.82, 2.24) is 0 Å². The van der Waals surface area contributed by atoms with Gasteiger partial charge < -0.3 is 0 Å². The second kappa shape index (κ2) is 8.12. The van der Waals surface area contributed by atoms with Crippen molar-refractivity contribution < 1.29 is 4.79 Å². The van der Waals surface area contributed by atoms with E-state index >= 15 is 0 Å². The highest BCUT2D eigenvalue weighted by Crippen LogP contribution is 2.46. The molecule has 0 fully saturated rings. The van der Waals surface area contributed by atoms with Crippen LogP contribution >= 0.6 is 0 Å². The summed E-state index contributed by atoms with van der Waals surface area (Å²) >= 11 is 0. The third-order valence-electron chi connectivity index (χ3n) is 6.52. The van der Waals surface area contributed by atoms with Crippen molar-refractivity contribution in [2.75, 3.05) is 4.90 Å². The zero-order valence-electron chi connectivity index (χ0n) is 18.7. The van der Waals surface area contributed by atoms with Crippen LogP contribution in [0.5, 0.6) is 0 Å². The molecule has 4 aromatic carbocycles. The highest BCUT2D eigenvalue weighted by atomic mass is 16.2. The first kappa shape index (κ1) is 20.3. The van der Waals surface area contributed by atoms with Crippen LogP contribution in [0.1, 0.15) is 50.9 Å². The molecule has 2 atom stereocenters. The molecule has 1 amide bonds. The molecule has 4 aromatic rings. The summed E-state index contributed by atoms with van der Waals surface area (Å²) in [6.07, 6.45) is 0. The second-order valence-corrected chi connectivity index (χ2v) is 8.73. The van der Waals surface area contributed by atoms with Crippen LogP contribution in [-0.4, -0.2) is 5.91 Å². The lowest BCUT2D eigenvalue weighted by Crippen LogP contribution is -2.44. The van der Waals surface area contributed by atoms with Gasteiger partial charge >= 0.3 is 0 Å². The SMILES string of the molecule is Cc1cc(C)c([C@@H]2C(=O)N(c3ccccc3)[C@@H](c3ccccc3)c3ccccc32)c(C)c1. The maximum absolute atomic E-state index is 14.4. The smallest absolute Gasteiger partial charge is 0.239 e. The Labute approximate surface area is 190 Å². The molecule has 158 valence electrons. The summed E-state index contributed by atoms with van der Waals surface area (Å²) in [5.74, 6) is -0.203. The highest BCUT2D eigenvalue weighted by molar-refractivity contribution is 6.04. The molecule has 5 rings (SSSR count). The van der Waals surface area contributed by atoms with Crippen molar-refractivity contribution in [3.05, 3.63) is 136 Å². The first-order valence-electron chi connectivity index (χ1n) is 11.2. The van der Waals surface area contributed by atoms with E-state index in [2.05, 4.69) is 69.3 Å². The Kier molecular flexibility index (Phi) is 5.14. The Bertz CT molecular complexity index is 1250. The molecule has 0 radical (unpaired) electrons. The van der Waals surface area contributed by atoms with Gasteiger partial charge in [-0.2, -0.15) is 0 Å². The monoisotopic (exact) mass is 417 g/mol. The van der Waals surface area contributed by atoms with Crippen molar-refractivity contribution in [1.29, 1.82) is 0 Å². The van der Waals surface area contributed by atoms with Crippen LogP contribution in [0.4, 0.5) is 5.69 Å². The quantitative estimate of drug-likeness (QED) is 0.356. The van der Waals surface area contributed by atoms with E-state index < -0.39 is 0 Å². The summed E-state index contributed by atoms with van der Waals surface area (Å²) in [4.78, 5) is 16.4. The van der Waals surface area contributed by atoms with Crippen LogP contribution in [0.2, 0.25) is 0 Å². The van der Waals surface area contributed by atoms with E-state index in [9.17, 15) is 4.79 Å². The van der Waals surface area contributed by atoms with Crippen molar-refractivity contribution in [3.8, 4) is 0 Å². The number of nitrogens with zero attached hydrogens (tertiary/aromatic N) is 1. The van der Waals surface area contributed by atoms with Crippen LogP contribution in [0.25, 0.3) is 0 Å². The van der Waals surface area contributed by atoms with Crippen LogP contribution < -0.4 is 4.90 Å². The molecule has 0 unspecified atom stereocenters. The van der Waals surface area contributed by atoms with Gasteiger partial charge in [-0.15, -0.1) is 0 Å². The van der Waals surface area contributed by atoms with Crippen molar-refractivity contribution in [2.45, 2.75) is 32.7 Å². The Morgan fingerprint density at radius 3 is 1.81 bits per heavy atom. The Morgan fingerprint density at radius 1 is 0.656 bits per heavy atom. The molecule has 0 bridgehead atoms. The van der Waals surface area contributed by atoms with E-state index in [-0.39, 0.29) is 17.9 Å². The molecule has 0 saturated carbocycles. The van der Waals surface area contributed by atoms with Crippen LogP contribution in [0, 0.1) is 20.8 Å². The Balaban J connectivity index is 1.80. The molecule has 0 aromatic heterocycles. The normalized spacial score (nSPS) is 17.8. The number of rotatable bonds is 3. The maximum Gasteiger partial charge on any atom is 0.239 e. The minimum Gasteiger partial charge on any atom is -0.300 e. The lowest BCUT2D eigenvalue weighted by molar-refractivity contribution is -0.120. The number of hydrogen-bond donors (Lipinski definition) is 0. The molecule has 32 heavy (non-hydrogen) atoms. The largest absolute Gasteiger partial charge is 0.300 e. The summed E-state index contributed by atoms with van der Waals surface area (Å²) in [5, 5.41) is 0. The van der Waals surface area contributed by atoms with Gasteiger partial charge in [-0.25, -0.2) is 0 Å². The number of carbonyl (C=O) groups excluding carboxylic acids is 1. The van der Waals surface area contributed by atoms with Gasteiger partial charge in [0.15, 0.2) is 0 Å². The summed E-state index contributed by atoms with van der Waals surface area (Å²) in [6.45, 7) is 6.37. The molecule has 0 saturated heterocycles. The van der Waals surface area contributed by atoms with Crippen LogP contribution in [0.15, 0.2) is 97.1 Å². The summed E-state index contributed by atoms with van der Waals surface area (Å²) in [6, 6.07) is 33.1. The van der Waals surface area contributed by atoms with Crippen molar-refractivity contribution in [2.24, 2.45) is 0 Å². The number of hydrogen-bond acceptors (Lipinski definition) is 1. The third-order valence-corrected chi connectivity index (χ3v) is 6.52. The summed E-state index contributed by atoms with van der Waals surface area (Å²) in [5.41, 5.74) is 9.02. The first-order valence-corrected chi connectivity index (χ1v) is 11.2. The van der Waals surface area contributed by atoms with Crippen LogP contribution in [-0.2, 0) is 4.79 Å². The number of fused-ring (bicyclic) bond motifs is 1. The average molecular weight is 418 g/mol. The van der Waals surface area contributed by atoms with E-state index in [0.29, 0.717) is 0 Å². The first-order chi connectivity index (χ1) is 15.6. The standard InChI is InChI=1S/C30H27NO/c1-20-18-21(2)27(22(3)19-20)28-25-16-10-11-17-26(25)29(23-12-6-4-7-13-23)31(30(28)32)24-14-8-5-9-15-24/h4-19,28-29H,1-3H3/t28-,29+/m1/s1. The molecule has 1 heterocycles. The van der Waals surface area contributed by atoms with Gasteiger partial charge in [-0.3, -0.25) is 9.69 Å². The summed E-state index contributed by atoms with van der Waals surface area (Å²) in [7, 11) is 0. The zero-order chi connectivity index (χ0) is 22.2. The maximum atomic E-state index is 14.4. The van der Waals surface area contributed by atoms with E-state index in [1.807, 2.05) is 53.4 Å². The average Bonchev–Trinajstić information content (AvgIpc) is 2.80. The molecular weight excluding hydrogens is 390 g/mol. The lowest BCUT2D eigenvalue weighted by atomic mass is 9.76. The van der Waals surface area contributed by atoms with Crippen LogP contribution in [0.3, 0.4) is 0 Å². The Morgan fingerprint density at radius 2 is 1.19 bits per heavy atom. The van der Waals surface area contributed by atoms with Gasteiger partial charge in [0.25, 0.3) is 0 Å². The number of benzene rings is 4. The van der Waals surface area contributed by atoms with Gasteiger partial charge in [0.05, 0.1) is 12.0 Å². The highest BCUT2D eigenvalue weighted by Gasteiger charge is 2.42. The molecule has 0 spiro atoms. The number of para-hydroxylation sites is 1. The number of amides is 1. The molecular formula is C30H27NO. The number of anilines is 1. The molecule has 1 aliphatic rings. The fourth-order valence-corrected chi connectivity index (χ4v) is 5.32. The molecule has 2 heteroatoms. The van der Waals surface area contributed by atoms with E-state index in [4.69, 9.17) is 0 Å². The topological polar surface area (TPSA) is 20.3 Å². The predicted octanol–water partition coefficient (Wildman–Crippen LogP) is 6.88. The van der Waals surface area contributed by atoms with Gasteiger partial charge in [-0.05, 0) is 66.3 Å². The molecule has 1 aliphatic heterocycles. The molecule has 0 N–H and O–H groups in total. The van der Waals surface area contributed by atoms with E-state index in [1.54, 1.807) is 0 Å².